The van der Waals surface area contributed by atoms with Crippen LogP contribution in [-0.2, 0) is 10.3 Å². The molecule has 0 saturated heterocycles. The zero-order valence-electron chi connectivity index (χ0n) is 12.3. The van der Waals surface area contributed by atoms with Crippen molar-refractivity contribution in [2.24, 2.45) is 5.73 Å². The van der Waals surface area contributed by atoms with Crippen LogP contribution in [0.1, 0.15) is 40.2 Å². The zero-order chi connectivity index (χ0) is 15.7. The first-order valence-corrected chi connectivity index (χ1v) is 6.18. The summed E-state index contributed by atoms with van der Waals surface area (Å²) < 4.78 is 32.2. The van der Waals surface area contributed by atoms with E-state index < -0.39 is 28.9 Å². The largest absolute Gasteiger partial charge is 0.444 e. The predicted octanol–water partition coefficient (Wildman–Crippen LogP) is 3.51. The molecule has 0 unspecified atom stereocenters. The van der Waals surface area contributed by atoms with Crippen LogP contribution in [0.5, 0.6) is 0 Å². The lowest BCUT2D eigenvalue weighted by molar-refractivity contribution is 0.0635. The molecular formula is C14H20F2N2O2. The average Bonchev–Trinajstić information content (AvgIpc) is 2.20. The van der Waals surface area contributed by atoms with Crippen LogP contribution in [0.25, 0.3) is 0 Å². The molecule has 0 radical (unpaired) electrons. The first kappa shape index (κ1) is 16.4. The number of carbonyl (C=O) groups excluding carboxylic acids is 1. The molecule has 6 heteroatoms. The Hall–Kier alpha value is -1.69. The van der Waals surface area contributed by atoms with Gasteiger partial charge in [0.15, 0.2) is 11.6 Å². The van der Waals surface area contributed by atoms with Crippen molar-refractivity contribution in [2.75, 3.05) is 5.32 Å². The maximum Gasteiger partial charge on any atom is 0.412 e. The summed E-state index contributed by atoms with van der Waals surface area (Å²) in [5, 5.41) is 2.19. The van der Waals surface area contributed by atoms with E-state index in [0.29, 0.717) is 5.56 Å². The number of rotatable bonds is 2. The van der Waals surface area contributed by atoms with Crippen molar-refractivity contribution < 1.29 is 18.3 Å². The van der Waals surface area contributed by atoms with E-state index in [1.54, 1.807) is 34.6 Å². The fourth-order valence-electron chi connectivity index (χ4n) is 1.47. The minimum atomic E-state index is -1.15. The molecule has 1 aromatic carbocycles. The minimum Gasteiger partial charge on any atom is -0.444 e. The molecule has 3 N–H and O–H groups in total. The van der Waals surface area contributed by atoms with Gasteiger partial charge in [-0.25, -0.2) is 13.6 Å². The van der Waals surface area contributed by atoms with E-state index >= 15 is 0 Å². The van der Waals surface area contributed by atoms with Gasteiger partial charge in [-0.15, -0.1) is 0 Å². The van der Waals surface area contributed by atoms with Gasteiger partial charge in [0.1, 0.15) is 5.60 Å². The molecule has 0 saturated carbocycles. The van der Waals surface area contributed by atoms with Crippen LogP contribution in [-0.4, -0.2) is 11.7 Å². The highest BCUT2D eigenvalue weighted by Crippen LogP contribution is 2.26. The number of halogens is 2. The van der Waals surface area contributed by atoms with Crippen LogP contribution in [0.15, 0.2) is 12.1 Å². The molecule has 0 aromatic heterocycles. The van der Waals surface area contributed by atoms with E-state index in [-0.39, 0.29) is 5.69 Å². The Kier molecular flexibility index (Phi) is 4.39. The van der Waals surface area contributed by atoms with Crippen LogP contribution >= 0.6 is 0 Å². The molecule has 20 heavy (non-hydrogen) atoms. The number of anilines is 1. The summed E-state index contributed by atoms with van der Waals surface area (Å²) in [6, 6.07) is 2.30. The lowest BCUT2D eigenvalue weighted by Gasteiger charge is -2.22. The Morgan fingerprint density at radius 3 is 2.20 bits per heavy atom. The number of nitrogens with one attached hydrogen (secondary N) is 1. The van der Waals surface area contributed by atoms with Gasteiger partial charge in [0, 0.05) is 5.54 Å². The van der Waals surface area contributed by atoms with Crippen LogP contribution in [0.4, 0.5) is 19.3 Å². The van der Waals surface area contributed by atoms with Crippen LogP contribution < -0.4 is 11.1 Å². The van der Waals surface area contributed by atoms with Gasteiger partial charge in [-0.3, -0.25) is 5.32 Å². The van der Waals surface area contributed by atoms with E-state index in [4.69, 9.17) is 10.5 Å². The molecule has 0 aliphatic heterocycles. The lowest BCUT2D eigenvalue weighted by atomic mass is 9.95. The van der Waals surface area contributed by atoms with Crippen molar-refractivity contribution in [1.82, 2.24) is 0 Å². The molecule has 0 spiro atoms. The maximum absolute atomic E-state index is 13.7. The van der Waals surface area contributed by atoms with Crippen molar-refractivity contribution in [1.29, 1.82) is 0 Å². The molecule has 1 rings (SSSR count). The molecule has 1 amide bonds. The van der Waals surface area contributed by atoms with Gasteiger partial charge in [-0.05, 0) is 52.3 Å². The molecular weight excluding hydrogens is 266 g/mol. The van der Waals surface area contributed by atoms with Crippen molar-refractivity contribution >= 4 is 11.8 Å². The highest BCUT2D eigenvalue weighted by molar-refractivity contribution is 5.85. The molecule has 112 valence electrons. The number of hydrogen-bond acceptors (Lipinski definition) is 3. The Balaban J connectivity index is 3.06. The quantitative estimate of drug-likeness (QED) is 0.874. The van der Waals surface area contributed by atoms with Gasteiger partial charge in [-0.1, -0.05) is 0 Å². The number of ether oxygens (including phenoxy) is 1. The number of nitrogens with two attached hydrogens (primary N) is 1. The highest BCUT2D eigenvalue weighted by atomic mass is 19.2. The van der Waals surface area contributed by atoms with E-state index in [0.717, 1.165) is 6.07 Å². The third-order valence-corrected chi connectivity index (χ3v) is 2.41. The van der Waals surface area contributed by atoms with Crippen LogP contribution in [0, 0.1) is 11.6 Å². The summed E-state index contributed by atoms with van der Waals surface area (Å²) in [5.41, 5.74) is 4.31. The summed E-state index contributed by atoms with van der Waals surface area (Å²) in [4.78, 5) is 11.6. The molecule has 0 fully saturated rings. The topological polar surface area (TPSA) is 64.3 Å². The van der Waals surface area contributed by atoms with Crippen LogP contribution in [0.3, 0.4) is 0 Å². The Morgan fingerprint density at radius 1 is 1.20 bits per heavy atom. The molecule has 0 atom stereocenters. The monoisotopic (exact) mass is 286 g/mol. The normalized spacial score (nSPS) is 12.2. The number of hydrogen-bond donors (Lipinski definition) is 2. The third kappa shape index (κ3) is 4.45. The first-order valence-electron chi connectivity index (χ1n) is 6.18. The van der Waals surface area contributed by atoms with Gasteiger partial charge >= 0.3 is 6.09 Å². The van der Waals surface area contributed by atoms with Crippen molar-refractivity contribution in [3.63, 3.8) is 0 Å². The lowest BCUT2D eigenvalue weighted by Crippen LogP contribution is -2.30. The molecule has 0 bridgehead atoms. The average molecular weight is 286 g/mol. The van der Waals surface area contributed by atoms with Gasteiger partial charge in [0.05, 0.1) is 5.69 Å². The fourth-order valence-corrected chi connectivity index (χ4v) is 1.47. The number of carbonyl (C=O) groups is 1. The fraction of sp³-hybridized carbons (Fsp3) is 0.500. The van der Waals surface area contributed by atoms with Crippen LogP contribution in [0.2, 0.25) is 0 Å². The Morgan fingerprint density at radius 2 is 1.75 bits per heavy atom. The van der Waals surface area contributed by atoms with E-state index in [9.17, 15) is 13.6 Å². The van der Waals surface area contributed by atoms with Crippen molar-refractivity contribution in [3.8, 4) is 0 Å². The minimum absolute atomic E-state index is 0.298. The highest BCUT2D eigenvalue weighted by Gasteiger charge is 2.22. The summed E-state index contributed by atoms with van der Waals surface area (Å²) in [6.45, 7) is 8.31. The van der Waals surface area contributed by atoms with Gasteiger partial charge in [0.25, 0.3) is 0 Å². The van der Waals surface area contributed by atoms with Crippen molar-refractivity contribution in [2.45, 2.75) is 45.8 Å². The SMILES string of the molecule is CC(C)(C)OC(=O)Nc1cc(C(C)(C)N)cc(F)c1F. The zero-order valence-corrected chi connectivity index (χ0v) is 12.3. The summed E-state index contributed by atoms with van der Waals surface area (Å²) in [6.07, 6.45) is -0.859. The summed E-state index contributed by atoms with van der Waals surface area (Å²) in [7, 11) is 0. The Labute approximate surface area is 117 Å². The molecule has 1 aromatic rings. The third-order valence-electron chi connectivity index (χ3n) is 2.41. The maximum atomic E-state index is 13.7. The molecule has 0 aliphatic carbocycles. The molecule has 4 nitrogen and oxygen atoms in total. The molecule has 0 heterocycles. The Bertz CT molecular complexity index is 517. The number of amides is 1. The second-order valence-corrected chi connectivity index (χ2v) is 6.17. The van der Waals surface area contributed by atoms with Crippen molar-refractivity contribution in [3.05, 3.63) is 29.3 Å². The van der Waals surface area contributed by atoms with E-state index in [2.05, 4.69) is 5.32 Å². The molecule has 0 aliphatic rings. The summed E-state index contributed by atoms with van der Waals surface area (Å²) in [5.74, 6) is -2.23. The second-order valence-electron chi connectivity index (χ2n) is 6.17. The van der Waals surface area contributed by atoms with Gasteiger partial charge in [0.2, 0.25) is 0 Å². The second kappa shape index (κ2) is 5.36. The van der Waals surface area contributed by atoms with Gasteiger partial charge in [-0.2, -0.15) is 0 Å². The summed E-state index contributed by atoms with van der Waals surface area (Å²) >= 11 is 0. The first-order chi connectivity index (χ1) is 8.90. The van der Waals surface area contributed by atoms with Gasteiger partial charge < -0.3 is 10.5 Å². The smallest absolute Gasteiger partial charge is 0.412 e. The standard InChI is InChI=1S/C14H20F2N2O2/c1-13(2,3)20-12(19)18-10-7-8(14(4,5)17)6-9(15)11(10)16/h6-7H,17H2,1-5H3,(H,18,19). The van der Waals surface area contributed by atoms with E-state index in [1.165, 1.54) is 6.07 Å². The van der Waals surface area contributed by atoms with E-state index in [1.807, 2.05) is 0 Å². The number of benzene rings is 1. The predicted molar refractivity (Wildman–Crippen MR) is 73.4 cm³/mol.